The van der Waals surface area contributed by atoms with Crippen LogP contribution in [0, 0.1) is 4.91 Å². The van der Waals surface area contributed by atoms with Crippen LogP contribution in [0.25, 0.3) is 0 Å². The van der Waals surface area contributed by atoms with Crippen LogP contribution in [0.4, 0.5) is 0 Å². The van der Waals surface area contributed by atoms with E-state index < -0.39 is 5.91 Å². The fraction of sp³-hybridized carbons (Fsp3) is 0. The minimum atomic E-state index is -0.824. The van der Waals surface area contributed by atoms with Gasteiger partial charge in [0.1, 0.15) is 0 Å². The van der Waals surface area contributed by atoms with Crippen molar-refractivity contribution in [3.63, 3.8) is 0 Å². The summed E-state index contributed by atoms with van der Waals surface area (Å²) in [6.45, 7) is 0. The van der Waals surface area contributed by atoms with E-state index in [-0.39, 0.29) is 5.56 Å². The summed E-state index contributed by atoms with van der Waals surface area (Å²) in [6.07, 6.45) is 2.50. The number of amides is 1. The van der Waals surface area contributed by atoms with Crippen LogP contribution in [0.5, 0.6) is 0 Å². The smallest absolute Gasteiger partial charge is 0.263 e. The lowest BCUT2D eigenvalue weighted by Gasteiger charge is -1.85. The first-order valence-corrected chi connectivity index (χ1v) is 2.49. The Balaban J connectivity index is 2.95. The van der Waals surface area contributed by atoms with Gasteiger partial charge in [0, 0.05) is 5.18 Å². The maximum atomic E-state index is 10.5. The van der Waals surface area contributed by atoms with Gasteiger partial charge >= 0.3 is 5.91 Å². The largest absolute Gasteiger partial charge is 0.318 e. The second-order valence-corrected chi connectivity index (χ2v) is 1.53. The molecule has 0 atom stereocenters. The third-order valence-electron chi connectivity index (χ3n) is 0.914. The van der Waals surface area contributed by atoms with Crippen molar-refractivity contribution in [1.29, 1.82) is 0 Å². The number of aromatic nitrogens is 2. The zero-order valence-electron chi connectivity index (χ0n) is 4.89. The van der Waals surface area contributed by atoms with Crippen LogP contribution in [0.15, 0.2) is 23.6 Å². The van der Waals surface area contributed by atoms with E-state index in [4.69, 9.17) is 0 Å². The van der Waals surface area contributed by atoms with E-state index in [1.54, 1.807) is 0 Å². The molecule has 5 nitrogen and oxygen atoms in total. The van der Waals surface area contributed by atoms with Gasteiger partial charge in [0.2, 0.25) is 0 Å². The molecular formula is C5H3N3O2. The van der Waals surface area contributed by atoms with E-state index in [1.165, 1.54) is 18.5 Å². The molecule has 5 heteroatoms. The summed E-state index contributed by atoms with van der Waals surface area (Å²) >= 11 is 0. The molecule has 0 fully saturated rings. The predicted octanol–water partition coefficient (Wildman–Crippen LogP) is 0.383. The Morgan fingerprint density at radius 3 is 2.80 bits per heavy atom. The summed E-state index contributed by atoms with van der Waals surface area (Å²) < 4.78 is 0. The van der Waals surface area contributed by atoms with Gasteiger partial charge in [-0.3, -0.25) is 4.79 Å². The van der Waals surface area contributed by atoms with Crippen molar-refractivity contribution in [3.05, 3.63) is 28.9 Å². The number of carbonyl (C=O) groups is 1. The second-order valence-electron chi connectivity index (χ2n) is 1.53. The average molecular weight is 137 g/mol. The summed E-state index contributed by atoms with van der Waals surface area (Å²) in [5, 5.41) is 9.00. The van der Waals surface area contributed by atoms with Crippen molar-refractivity contribution in [2.24, 2.45) is 5.18 Å². The number of nitroso groups, excluding NO2 is 1. The van der Waals surface area contributed by atoms with Gasteiger partial charge in [-0.1, -0.05) is 0 Å². The summed E-state index contributed by atoms with van der Waals surface area (Å²) in [5.41, 5.74) is 0.157. The lowest BCUT2D eigenvalue weighted by molar-refractivity contribution is 0.100. The van der Waals surface area contributed by atoms with E-state index in [0.29, 0.717) is 0 Å². The number of hydrogen-bond donors (Lipinski definition) is 0. The third-order valence-corrected chi connectivity index (χ3v) is 0.914. The fourth-order valence-electron chi connectivity index (χ4n) is 0.470. The highest BCUT2D eigenvalue weighted by atomic mass is 16.3. The second kappa shape index (κ2) is 2.77. The van der Waals surface area contributed by atoms with Gasteiger partial charge in [0.25, 0.3) is 0 Å². The molecule has 1 heterocycles. The van der Waals surface area contributed by atoms with Crippen LogP contribution in [-0.4, -0.2) is 16.1 Å². The number of carbonyl (C=O) groups excluding carboxylic acids is 1. The molecule has 1 rings (SSSR count). The van der Waals surface area contributed by atoms with Crippen molar-refractivity contribution in [2.45, 2.75) is 0 Å². The van der Waals surface area contributed by atoms with Gasteiger partial charge in [-0.25, -0.2) is 0 Å². The maximum absolute atomic E-state index is 10.5. The zero-order chi connectivity index (χ0) is 7.40. The van der Waals surface area contributed by atoms with E-state index in [9.17, 15) is 9.70 Å². The van der Waals surface area contributed by atoms with Gasteiger partial charge in [-0.15, -0.1) is 4.91 Å². The van der Waals surface area contributed by atoms with Crippen molar-refractivity contribution in [3.8, 4) is 0 Å². The summed E-state index contributed by atoms with van der Waals surface area (Å²) in [7, 11) is 0. The molecule has 0 N–H and O–H groups in total. The van der Waals surface area contributed by atoms with Crippen molar-refractivity contribution >= 4 is 5.91 Å². The van der Waals surface area contributed by atoms with Gasteiger partial charge in [0.15, 0.2) is 0 Å². The van der Waals surface area contributed by atoms with Crippen LogP contribution in [0.3, 0.4) is 0 Å². The van der Waals surface area contributed by atoms with Crippen LogP contribution in [-0.2, 0) is 0 Å². The highest BCUT2D eigenvalue weighted by Gasteiger charge is 2.02. The van der Waals surface area contributed by atoms with Crippen LogP contribution >= 0.6 is 0 Å². The van der Waals surface area contributed by atoms with Gasteiger partial charge in [-0.2, -0.15) is 10.2 Å². The molecular weight excluding hydrogens is 134 g/mol. The van der Waals surface area contributed by atoms with Crippen LogP contribution < -0.4 is 0 Å². The first-order chi connectivity index (χ1) is 4.84. The maximum Gasteiger partial charge on any atom is 0.318 e. The Hall–Kier alpha value is -1.65. The highest BCUT2D eigenvalue weighted by Crippen LogP contribution is 1.95. The molecule has 1 aromatic rings. The minimum absolute atomic E-state index is 0.157. The standard InChI is InChI=1S/C5H3N3O2/c9-5(8-10)4-1-2-6-7-3-4/h1-3H. The zero-order valence-corrected chi connectivity index (χ0v) is 4.89. The molecule has 0 bridgehead atoms. The predicted molar refractivity (Wildman–Crippen MR) is 32.2 cm³/mol. The number of nitrogens with zero attached hydrogens (tertiary/aromatic N) is 3. The van der Waals surface area contributed by atoms with Gasteiger partial charge < -0.3 is 0 Å². The minimum Gasteiger partial charge on any atom is -0.263 e. The Labute approximate surface area is 56.1 Å². The van der Waals surface area contributed by atoms with E-state index in [2.05, 4.69) is 15.4 Å². The molecule has 1 aromatic heterocycles. The van der Waals surface area contributed by atoms with E-state index in [0.717, 1.165) is 0 Å². The molecule has 0 aliphatic heterocycles. The van der Waals surface area contributed by atoms with E-state index >= 15 is 0 Å². The molecule has 0 saturated heterocycles. The Bertz CT molecular complexity index is 246. The Morgan fingerprint density at radius 2 is 2.30 bits per heavy atom. The normalized spacial score (nSPS) is 8.80. The summed E-state index contributed by atoms with van der Waals surface area (Å²) in [5.74, 6) is -0.824. The molecule has 10 heavy (non-hydrogen) atoms. The molecule has 1 amide bonds. The molecule has 0 aliphatic carbocycles. The van der Waals surface area contributed by atoms with E-state index in [1.807, 2.05) is 0 Å². The van der Waals surface area contributed by atoms with Crippen molar-refractivity contribution in [1.82, 2.24) is 10.2 Å². The fourth-order valence-corrected chi connectivity index (χ4v) is 0.470. The third kappa shape index (κ3) is 1.19. The Morgan fingerprint density at radius 1 is 1.50 bits per heavy atom. The molecule has 0 aliphatic rings. The highest BCUT2D eigenvalue weighted by molar-refractivity contribution is 5.94. The lowest BCUT2D eigenvalue weighted by Crippen LogP contribution is -1.94. The summed E-state index contributed by atoms with van der Waals surface area (Å²) in [6, 6.07) is 1.37. The molecule has 50 valence electrons. The van der Waals surface area contributed by atoms with Crippen molar-refractivity contribution in [2.75, 3.05) is 0 Å². The van der Waals surface area contributed by atoms with Crippen LogP contribution in [0.1, 0.15) is 10.4 Å². The average Bonchev–Trinajstić information content (AvgIpc) is 2.05. The van der Waals surface area contributed by atoms with Gasteiger partial charge in [-0.05, 0) is 6.07 Å². The molecule has 0 spiro atoms. The first kappa shape index (κ1) is 6.47. The van der Waals surface area contributed by atoms with Gasteiger partial charge in [0.05, 0.1) is 18.0 Å². The first-order valence-electron chi connectivity index (χ1n) is 2.49. The van der Waals surface area contributed by atoms with Crippen molar-refractivity contribution < 1.29 is 4.79 Å². The topological polar surface area (TPSA) is 72.3 Å². The molecule has 0 saturated carbocycles. The number of rotatable bonds is 1. The Kier molecular flexibility index (Phi) is 1.79. The SMILES string of the molecule is O=NC(=O)c1ccnnc1. The monoisotopic (exact) mass is 137 g/mol. The molecule has 0 unspecified atom stereocenters. The molecule has 0 radical (unpaired) electrons. The van der Waals surface area contributed by atoms with Crippen LogP contribution in [0.2, 0.25) is 0 Å². The molecule has 0 aromatic carbocycles. The summed E-state index contributed by atoms with van der Waals surface area (Å²) in [4.78, 5) is 20.1. The quantitative estimate of drug-likeness (QED) is 0.524. The number of hydrogen-bond acceptors (Lipinski definition) is 4. The lowest BCUT2D eigenvalue weighted by atomic mass is 10.3.